The van der Waals surface area contributed by atoms with Crippen LogP contribution in [0.3, 0.4) is 0 Å². The van der Waals surface area contributed by atoms with Crippen LogP contribution < -0.4 is 40.8 Å². The number of carboxylic acid groups (broad SMARTS) is 2. The maximum Gasteiger partial charge on any atom is 1.00 e. The molecule has 0 fully saturated rings. The molecule has 0 saturated carbocycles. The quantitative estimate of drug-likeness (QED) is 0.210. The molecule has 0 heterocycles. The van der Waals surface area contributed by atoms with Crippen LogP contribution in [0.25, 0.3) is 0 Å². The fourth-order valence-corrected chi connectivity index (χ4v) is 0. The molecule has 0 radical (unpaired) electrons. The predicted molar refractivity (Wildman–Crippen MR) is 24.4 cm³/mol. The van der Waals surface area contributed by atoms with E-state index in [0.717, 1.165) is 0 Å². The molecule has 5 N–H and O–H groups in total. The molecule has 56 valence electrons. The van der Waals surface area contributed by atoms with Gasteiger partial charge in [0.05, 0.1) is 5.09 Å². The van der Waals surface area contributed by atoms with E-state index in [1.807, 2.05) is 0 Å². The number of rotatable bonds is 0. The summed E-state index contributed by atoms with van der Waals surface area (Å²) >= 11 is 0. The van der Waals surface area contributed by atoms with Gasteiger partial charge in [0.2, 0.25) is 6.16 Å². The molecule has 0 unspecified atom stereocenters. The maximum absolute atomic E-state index is 8.44. The summed E-state index contributed by atoms with van der Waals surface area (Å²) in [5.41, 5.74) is 0. The second kappa shape index (κ2) is 15.8. The first-order valence-corrected chi connectivity index (χ1v) is 1.18. The molecule has 0 aliphatic carbocycles. The smallest absolute Gasteiger partial charge is 0.565 e. The Morgan fingerprint density at radius 3 is 1.40 bits per heavy atom. The normalized spacial score (nSPS) is 4.80. The molecule has 9 heteroatoms. The van der Waals surface area contributed by atoms with E-state index >= 15 is 0 Å². The zero-order valence-corrected chi connectivity index (χ0v) is 7.44. The van der Waals surface area contributed by atoms with Crippen LogP contribution in [0, 0.1) is 15.3 Å². The minimum Gasteiger partial charge on any atom is -0.565 e. The van der Waals surface area contributed by atoms with E-state index in [-0.39, 0.29) is 35.7 Å². The van der Waals surface area contributed by atoms with Crippen molar-refractivity contribution in [2.75, 3.05) is 0 Å². The monoisotopic (exact) mass is 164 g/mol. The van der Waals surface area contributed by atoms with Gasteiger partial charge in [-0.1, -0.05) is 0 Å². The van der Waals surface area contributed by atoms with Crippen LogP contribution in [0.5, 0.6) is 0 Å². The number of carbonyl (C=O) groups is 1. The maximum atomic E-state index is 8.44. The van der Waals surface area contributed by atoms with E-state index in [1.165, 1.54) is 0 Å². The zero-order valence-electron chi connectivity index (χ0n) is 5.44. The van der Waals surface area contributed by atoms with Crippen molar-refractivity contribution in [2.45, 2.75) is 0 Å². The average molecular weight is 164 g/mol. The molecule has 8 nitrogen and oxygen atoms in total. The van der Waals surface area contributed by atoms with Crippen LogP contribution >= 0.6 is 0 Å². The van der Waals surface area contributed by atoms with Gasteiger partial charge in [-0.25, -0.2) is 0 Å². The summed E-state index contributed by atoms with van der Waals surface area (Å²) in [5.74, 6) is 0. The zero-order chi connectivity index (χ0) is 7.15. The van der Waals surface area contributed by atoms with Gasteiger partial charge in [-0.2, -0.15) is 0 Å². The van der Waals surface area contributed by atoms with Gasteiger partial charge in [-0.15, -0.1) is 0 Å². The number of hydrogen-bond donors (Lipinski definition) is 2. The molecule has 10 heavy (non-hydrogen) atoms. The third kappa shape index (κ3) is 945. The molecule has 0 saturated heterocycles. The van der Waals surface area contributed by atoms with Crippen molar-refractivity contribution in [2.24, 2.45) is 0 Å². The van der Waals surface area contributed by atoms with Gasteiger partial charge in [0.1, 0.15) is 0 Å². The second-order valence-electron chi connectivity index (χ2n) is 0.490. The van der Waals surface area contributed by atoms with Crippen molar-refractivity contribution in [1.29, 1.82) is 0 Å². The summed E-state index contributed by atoms with van der Waals surface area (Å²) in [6, 6.07) is 0. The molecule has 0 rings (SSSR count). The van der Waals surface area contributed by atoms with Crippen molar-refractivity contribution in [3.8, 4) is 0 Å². The number of hydrogen-bond acceptors (Lipinski definition) is 5. The Balaban J connectivity index is -0.0000000300. The van der Waals surface area contributed by atoms with Gasteiger partial charge in [-0.05, 0) is 0 Å². The van der Waals surface area contributed by atoms with Crippen molar-refractivity contribution in [3.63, 3.8) is 0 Å². The van der Waals surface area contributed by atoms with Crippen LogP contribution in [0.15, 0.2) is 0 Å². The number of quaternary nitrogens is 1. The Bertz CT molecular complexity index is 73.7. The molecule has 0 bridgehead atoms. The Kier molecular flexibility index (Phi) is 35.9. The summed E-state index contributed by atoms with van der Waals surface area (Å²) in [6.45, 7) is 0. The van der Waals surface area contributed by atoms with E-state index < -0.39 is 11.2 Å². The Morgan fingerprint density at radius 1 is 1.40 bits per heavy atom. The number of nitrogens with zero attached hydrogens (tertiary/aromatic N) is 1. The second-order valence-corrected chi connectivity index (χ2v) is 0.490. The molecule has 0 atom stereocenters. The molecular weight excluding hydrogens is 159 g/mol. The van der Waals surface area contributed by atoms with Crippen LogP contribution in [0.4, 0.5) is 4.79 Å². The van der Waals surface area contributed by atoms with Gasteiger partial charge in [-0.3, -0.25) is 0 Å². The van der Waals surface area contributed by atoms with Crippen molar-refractivity contribution >= 4 is 6.16 Å². The molecule has 0 aliphatic heterocycles. The molecular formula is CH5N2NaO6. The predicted octanol–water partition coefficient (Wildman–Crippen LogP) is -3.97. The van der Waals surface area contributed by atoms with Gasteiger partial charge in [0.25, 0.3) is 0 Å². The first-order valence-electron chi connectivity index (χ1n) is 1.18. The Hall–Kier alpha value is -0.570. The van der Waals surface area contributed by atoms with Crippen LogP contribution in [-0.2, 0) is 0 Å². The Morgan fingerprint density at radius 2 is 1.40 bits per heavy atom. The summed E-state index contributed by atoms with van der Waals surface area (Å²) < 4.78 is 0. The molecule has 0 amide bonds. The minimum absolute atomic E-state index is 0. The van der Waals surface area contributed by atoms with Crippen molar-refractivity contribution in [1.82, 2.24) is 6.15 Å². The minimum atomic E-state index is -2.08. The molecule has 0 aliphatic rings. The van der Waals surface area contributed by atoms with E-state index in [2.05, 4.69) is 0 Å². The fourth-order valence-electron chi connectivity index (χ4n) is 0. The van der Waals surface area contributed by atoms with E-state index in [9.17, 15) is 0 Å². The van der Waals surface area contributed by atoms with E-state index in [4.69, 9.17) is 30.3 Å². The largest absolute Gasteiger partial charge is 1.00 e. The fraction of sp³-hybridized carbons (Fsp3) is 0. The third-order valence-electron chi connectivity index (χ3n) is 0. The van der Waals surface area contributed by atoms with Crippen LogP contribution in [0.2, 0.25) is 0 Å². The molecule has 0 aromatic carbocycles. The topological polar surface area (TPSA) is 163 Å². The van der Waals surface area contributed by atoms with Crippen LogP contribution in [-0.4, -0.2) is 16.3 Å². The van der Waals surface area contributed by atoms with E-state index in [0.29, 0.717) is 0 Å². The summed E-state index contributed by atoms with van der Waals surface area (Å²) in [4.78, 5) is 16.7. The summed E-state index contributed by atoms with van der Waals surface area (Å²) in [5, 5.41) is 30.1. The van der Waals surface area contributed by atoms with Gasteiger partial charge >= 0.3 is 29.6 Å². The summed E-state index contributed by atoms with van der Waals surface area (Å²) in [7, 11) is 0. The van der Waals surface area contributed by atoms with Crippen LogP contribution in [0.1, 0.15) is 0 Å². The molecule has 0 spiro atoms. The molecule has 0 aromatic heterocycles. The third-order valence-corrected chi connectivity index (χ3v) is 0. The first-order chi connectivity index (χ1) is 3.46. The van der Waals surface area contributed by atoms with Gasteiger partial charge in [0, 0.05) is 0 Å². The Labute approximate surface area is 77.4 Å². The molecule has 0 aromatic rings. The van der Waals surface area contributed by atoms with Gasteiger partial charge < -0.3 is 36.5 Å². The van der Waals surface area contributed by atoms with Crippen molar-refractivity contribution in [3.05, 3.63) is 15.3 Å². The summed E-state index contributed by atoms with van der Waals surface area (Å²) in [6.07, 6.45) is -2.08. The van der Waals surface area contributed by atoms with Crippen molar-refractivity contribution < 1.29 is 49.7 Å². The SMILES string of the molecule is O=C([O-])O.O=[N+]([O-])[O-].[NH4+].[Na+]. The standard InChI is InChI=1S/CH2O3.NO3.H3N.Na/c2*2-1(3)4;;/h(H2,2,3,4);;1H3;/q;-1;;+1. The first kappa shape index (κ1) is 22.7. The average Bonchev–Trinajstić information content (AvgIpc) is 1.25. The van der Waals surface area contributed by atoms with Gasteiger partial charge in [0.15, 0.2) is 0 Å². The van der Waals surface area contributed by atoms with E-state index in [1.54, 1.807) is 0 Å².